The molecule has 4 rings (SSSR count). The van der Waals surface area contributed by atoms with Crippen molar-refractivity contribution >= 4 is 40.4 Å². The number of carbonyl (C=O) groups excluding carboxylic acids is 2. The Bertz CT molecular complexity index is 886. The van der Waals surface area contributed by atoms with E-state index in [0.717, 1.165) is 30.4 Å². The van der Waals surface area contributed by atoms with Crippen LogP contribution >= 0.6 is 11.8 Å². The first-order valence-electron chi connectivity index (χ1n) is 8.82. The fourth-order valence-corrected chi connectivity index (χ4v) is 4.34. The van der Waals surface area contributed by atoms with Crippen LogP contribution in [0.15, 0.2) is 53.4 Å². The van der Waals surface area contributed by atoms with Crippen molar-refractivity contribution in [2.75, 3.05) is 22.9 Å². The number of carbonyl (C=O) groups is 2. The fourth-order valence-electron chi connectivity index (χ4n) is 3.50. The van der Waals surface area contributed by atoms with Crippen molar-refractivity contribution < 1.29 is 9.59 Å². The summed E-state index contributed by atoms with van der Waals surface area (Å²) in [5, 5.41) is -0.252. The molecule has 2 aliphatic heterocycles. The smallest absolute Gasteiger partial charge is 0.298 e. The molecule has 2 aliphatic rings. The van der Waals surface area contributed by atoms with E-state index in [9.17, 15) is 9.59 Å². The van der Waals surface area contributed by atoms with E-state index in [0.29, 0.717) is 10.6 Å². The zero-order valence-corrected chi connectivity index (χ0v) is 15.5. The molecule has 0 saturated carbocycles. The predicted molar refractivity (Wildman–Crippen MR) is 108 cm³/mol. The molecule has 2 aromatic rings. The van der Waals surface area contributed by atoms with Gasteiger partial charge in [-0.3, -0.25) is 9.59 Å². The van der Waals surface area contributed by atoms with Gasteiger partial charge in [0.2, 0.25) is 0 Å². The van der Waals surface area contributed by atoms with Crippen LogP contribution < -0.4 is 9.80 Å². The van der Waals surface area contributed by atoms with Gasteiger partial charge in [-0.25, -0.2) is 4.90 Å². The Hall–Kier alpha value is -2.53. The number of imide groups is 1. The molecule has 0 unspecified atom stereocenters. The highest BCUT2D eigenvalue weighted by Gasteiger charge is 2.36. The molecular weight excluding hydrogens is 344 g/mol. The maximum atomic E-state index is 12.7. The minimum absolute atomic E-state index is 0.252. The fraction of sp³-hybridized carbons (Fsp3) is 0.238. The van der Waals surface area contributed by atoms with Gasteiger partial charge in [0.1, 0.15) is 0 Å². The lowest BCUT2D eigenvalue weighted by Gasteiger charge is -2.20. The molecule has 2 fully saturated rings. The molecule has 2 amide bonds. The van der Waals surface area contributed by atoms with Crippen LogP contribution in [-0.4, -0.2) is 24.2 Å². The van der Waals surface area contributed by atoms with E-state index in [1.165, 1.54) is 29.0 Å². The first-order valence-corrected chi connectivity index (χ1v) is 9.64. The van der Waals surface area contributed by atoms with Gasteiger partial charge in [0, 0.05) is 18.8 Å². The molecule has 0 N–H and O–H groups in total. The Labute approximate surface area is 157 Å². The van der Waals surface area contributed by atoms with E-state index in [-0.39, 0.29) is 11.1 Å². The number of rotatable bonds is 3. The lowest BCUT2D eigenvalue weighted by molar-refractivity contribution is -0.113. The van der Waals surface area contributed by atoms with Gasteiger partial charge in [-0.05, 0) is 73.0 Å². The van der Waals surface area contributed by atoms with Gasteiger partial charge in [-0.1, -0.05) is 24.3 Å². The van der Waals surface area contributed by atoms with Crippen molar-refractivity contribution in [3.63, 3.8) is 0 Å². The highest BCUT2D eigenvalue weighted by molar-refractivity contribution is 8.19. The highest BCUT2D eigenvalue weighted by atomic mass is 32.2. The highest BCUT2D eigenvalue weighted by Crippen LogP contribution is 2.36. The van der Waals surface area contributed by atoms with Crippen molar-refractivity contribution in [1.82, 2.24) is 0 Å². The summed E-state index contributed by atoms with van der Waals surface area (Å²) in [7, 11) is 0. The molecule has 0 radical (unpaired) electrons. The monoisotopic (exact) mass is 364 g/mol. The van der Waals surface area contributed by atoms with Gasteiger partial charge in [0.05, 0.1) is 10.6 Å². The zero-order valence-electron chi connectivity index (χ0n) is 14.6. The number of anilines is 2. The first-order chi connectivity index (χ1) is 12.6. The lowest BCUT2D eigenvalue weighted by Crippen LogP contribution is -2.27. The molecule has 2 heterocycles. The summed E-state index contributed by atoms with van der Waals surface area (Å²) in [6.07, 6.45) is 4.30. The van der Waals surface area contributed by atoms with Crippen LogP contribution in [0, 0.1) is 6.92 Å². The normalized spacial score (nSPS) is 19.0. The Balaban J connectivity index is 1.59. The maximum Gasteiger partial charge on any atom is 0.298 e. The number of nitrogens with zero attached hydrogens (tertiary/aromatic N) is 2. The average Bonchev–Trinajstić information content (AvgIpc) is 3.25. The van der Waals surface area contributed by atoms with Gasteiger partial charge >= 0.3 is 0 Å². The summed E-state index contributed by atoms with van der Waals surface area (Å²) in [5.41, 5.74) is 4.02. The summed E-state index contributed by atoms with van der Waals surface area (Å²) < 4.78 is 0. The summed E-state index contributed by atoms with van der Waals surface area (Å²) >= 11 is 0.995. The molecule has 2 saturated heterocycles. The standard InChI is InChI=1S/C21H20N2O2S/c1-15-13-16(9-10-18(15)22-11-5-6-12-22)14-19-20(24)23(21(25)26-19)17-7-3-2-4-8-17/h2-4,7-10,13-14H,5-6,11-12H2,1H3/b19-14+. The van der Waals surface area contributed by atoms with E-state index < -0.39 is 0 Å². The number of amides is 2. The van der Waals surface area contributed by atoms with Gasteiger partial charge in [0.15, 0.2) is 0 Å². The van der Waals surface area contributed by atoms with Crippen LogP contribution in [0.4, 0.5) is 16.2 Å². The van der Waals surface area contributed by atoms with Crippen LogP contribution in [0.1, 0.15) is 24.0 Å². The molecule has 132 valence electrons. The molecule has 0 atom stereocenters. The quantitative estimate of drug-likeness (QED) is 0.731. The van der Waals surface area contributed by atoms with Gasteiger partial charge in [0.25, 0.3) is 11.1 Å². The second kappa shape index (κ2) is 7.00. The SMILES string of the molecule is Cc1cc(/C=C2/SC(=O)N(c3ccccc3)C2=O)ccc1N1CCCC1. The number of hydrogen-bond donors (Lipinski definition) is 0. The molecular formula is C21H20N2O2S. The van der Waals surface area contributed by atoms with Crippen LogP contribution in [0.5, 0.6) is 0 Å². The molecule has 0 bridgehead atoms. The van der Waals surface area contributed by atoms with Crippen LogP contribution in [0.2, 0.25) is 0 Å². The van der Waals surface area contributed by atoms with Gasteiger partial charge < -0.3 is 4.90 Å². The van der Waals surface area contributed by atoms with Crippen LogP contribution in [0.3, 0.4) is 0 Å². The average molecular weight is 364 g/mol. The molecule has 5 heteroatoms. The number of hydrogen-bond acceptors (Lipinski definition) is 4. The third-order valence-electron chi connectivity index (χ3n) is 4.77. The van der Waals surface area contributed by atoms with Crippen molar-refractivity contribution in [2.24, 2.45) is 0 Å². The van der Waals surface area contributed by atoms with Crippen LogP contribution in [-0.2, 0) is 4.79 Å². The van der Waals surface area contributed by atoms with Crippen molar-refractivity contribution in [1.29, 1.82) is 0 Å². The van der Waals surface area contributed by atoms with E-state index >= 15 is 0 Å². The zero-order chi connectivity index (χ0) is 18.1. The van der Waals surface area contributed by atoms with Gasteiger partial charge in [-0.2, -0.15) is 0 Å². The topological polar surface area (TPSA) is 40.6 Å². The minimum atomic E-state index is -0.257. The number of thioether (sulfide) groups is 1. The van der Waals surface area contributed by atoms with Crippen molar-refractivity contribution in [2.45, 2.75) is 19.8 Å². The minimum Gasteiger partial charge on any atom is -0.371 e. The molecule has 0 aliphatic carbocycles. The third-order valence-corrected chi connectivity index (χ3v) is 5.64. The number of para-hydroxylation sites is 1. The van der Waals surface area contributed by atoms with E-state index in [4.69, 9.17) is 0 Å². The summed E-state index contributed by atoms with van der Waals surface area (Å²) in [6, 6.07) is 15.3. The molecule has 4 nitrogen and oxygen atoms in total. The largest absolute Gasteiger partial charge is 0.371 e. The Kier molecular flexibility index (Phi) is 4.55. The molecule has 26 heavy (non-hydrogen) atoms. The second-order valence-corrected chi connectivity index (χ2v) is 7.59. The summed E-state index contributed by atoms with van der Waals surface area (Å²) in [4.78, 5) is 29.1. The maximum absolute atomic E-state index is 12.7. The molecule has 2 aromatic carbocycles. The van der Waals surface area contributed by atoms with E-state index in [2.05, 4.69) is 24.0 Å². The van der Waals surface area contributed by atoms with Crippen molar-refractivity contribution in [3.8, 4) is 0 Å². The third kappa shape index (κ3) is 3.15. The number of aryl methyl sites for hydroxylation is 1. The first kappa shape index (κ1) is 16.9. The van der Waals surface area contributed by atoms with Crippen molar-refractivity contribution in [3.05, 3.63) is 64.6 Å². The van der Waals surface area contributed by atoms with Crippen LogP contribution in [0.25, 0.3) is 6.08 Å². The van der Waals surface area contributed by atoms with E-state index in [1.54, 1.807) is 12.1 Å². The summed E-state index contributed by atoms with van der Waals surface area (Å²) in [6.45, 7) is 4.31. The lowest BCUT2D eigenvalue weighted by atomic mass is 10.1. The van der Waals surface area contributed by atoms with Gasteiger partial charge in [-0.15, -0.1) is 0 Å². The Morgan fingerprint density at radius 2 is 1.73 bits per heavy atom. The summed E-state index contributed by atoms with van der Waals surface area (Å²) in [5.74, 6) is -0.257. The Morgan fingerprint density at radius 1 is 1.00 bits per heavy atom. The number of benzene rings is 2. The Morgan fingerprint density at radius 3 is 2.42 bits per heavy atom. The molecule has 0 aromatic heterocycles. The second-order valence-electron chi connectivity index (χ2n) is 6.59. The predicted octanol–water partition coefficient (Wildman–Crippen LogP) is 4.84. The van der Waals surface area contributed by atoms with E-state index in [1.807, 2.05) is 30.3 Å². The molecule has 0 spiro atoms.